The molecule has 1 N–H and O–H groups in total. The number of nitro groups is 1. The van der Waals surface area contributed by atoms with Crippen molar-refractivity contribution in [2.75, 3.05) is 5.43 Å². The summed E-state index contributed by atoms with van der Waals surface area (Å²) in [6.45, 7) is 2.42. The van der Waals surface area contributed by atoms with Crippen molar-refractivity contribution in [1.82, 2.24) is 4.98 Å². The summed E-state index contributed by atoms with van der Waals surface area (Å²) in [5.41, 5.74) is 8.61. The molecule has 0 radical (unpaired) electrons. The number of rotatable bonds is 9. The van der Waals surface area contributed by atoms with E-state index < -0.39 is 4.92 Å². The molecule has 0 aliphatic heterocycles. The average Bonchev–Trinajstić information content (AvgIpc) is 3.38. The van der Waals surface area contributed by atoms with Gasteiger partial charge in [-0.3, -0.25) is 15.5 Å². The molecule has 4 aromatic carbocycles. The molecular weight excluding hydrogens is 532 g/mol. The molecule has 0 fully saturated rings. The predicted octanol–water partition coefficient (Wildman–Crippen LogP) is 8.37. The second kappa shape index (κ2) is 11.9. The Balaban J connectivity index is 1.30. The minimum absolute atomic E-state index is 0.0448. The molecule has 0 unspecified atom stereocenters. The molecule has 0 aliphatic carbocycles. The van der Waals surface area contributed by atoms with Gasteiger partial charge >= 0.3 is 0 Å². The smallest absolute Gasteiger partial charge is 0.269 e. The van der Waals surface area contributed by atoms with Gasteiger partial charge in [0.25, 0.3) is 5.69 Å². The number of hydrogen-bond acceptors (Lipinski definition) is 7. The summed E-state index contributed by atoms with van der Waals surface area (Å²) in [6, 6.07) is 29.7. The number of ether oxygens (including phenoxy) is 1. The number of benzene rings is 4. The first-order chi connectivity index (χ1) is 19.0. The first-order valence-electron chi connectivity index (χ1n) is 12.0. The number of hydrazone groups is 1. The molecule has 5 aromatic rings. The zero-order valence-electron chi connectivity index (χ0n) is 20.9. The molecule has 194 valence electrons. The van der Waals surface area contributed by atoms with E-state index in [1.54, 1.807) is 18.3 Å². The normalized spacial score (nSPS) is 11.0. The molecule has 0 saturated carbocycles. The molecular formula is C30H23ClN4O3S. The number of nitrogens with one attached hydrogen (secondary N) is 1. The Morgan fingerprint density at radius 2 is 1.67 bits per heavy atom. The average molecular weight is 555 g/mol. The van der Waals surface area contributed by atoms with Gasteiger partial charge in [0.2, 0.25) is 5.13 Å². The van der Waals surface area contributed by atoms with Crippen LogP contribution in [0.2, 0.25) is 5.02 Å². The molecule has 5 rings (SSSR count). The Labute approximate surface area is 234 Å². The van der Waals surface area contributed by atoms with Crippen LogP contribution in [0, 0.1) is 17.0 Å². The Bertz CT molecular complexity index is 1620. The van der Waals surface area contributed by atoms with Crippen LogP contribution in [0.3, 0.4) is 0 Å². The molecule has 9 heteroatoms. The lowest BCUT2D eigenvalue weighted by molar-refractivity contribution is -0.384. The van der Waals surface area contributed by atoms with E-state index in [1.165, 1.54) is 23.5 Å². The quantitative estimate of drug-likeness (QED) is 0.112. The summed E-state index contributed by atoms with van der Waals surface area (Å²) in [5.74, 6) is 0.732. The van der Waals surface area contributed by atoms with E-state index in [0.29, 0.717) is 16.8 Å². The van der Waals surface area contributed by atoms with Crippen LogP contribution in [-0.2, 0) is 6.61 Å². The maximum absolute atomic E-state index is 11.1. The zero-order chi connectivity index (χ0) is 27.2. The van der Waals surface area contributed by atoms with Crippen LogP contribution in [0.1, 0.15) is 16.7 Å². The molecule has 0 spiro atoms. The number of anilines is 1. The Kier molecular flexibility index (Phi) is 7.96. The van der Waals surface area contributed by atoms with E-state index >= 15 is 0 Å². The number of non-ortho nitro benzene ring substituents is 1. The number of halogens is 1. The Morgan fingerprint density at radius 3 is 2.36 bits per heavy atom. The summed E-state index contributed by atoms with van der Waals surface area (Å²) in [4.78, 5) is 16.4. The molecule has 7 nitrogen and oxygen atoms in total. The highest BCUT2D eigenvalue weighted by atomic mass is 35.5. The van der Waals surface area contributed by atoms with Crippen LogP contribution in [0.15, 0.2) is 102 Å². The third-order valence-electron chi connectivity index (χ3n) is 5.90. The Hall–Kier alpha value is -4.53. The molecule has 1 heterocycles. The van der Waals surface area contributed by atoms with Gasteiger partial charge in [-0.2, -0.15) is 5.10 Å². The molecule has 39 heavy (non-hydrogen) atoms. The second-order valence-corrected chi connectivity index (χ2v) is 10.1. The van der Waals surface area contributed by atoms with Crippen molar-refractivity contribution in [1.29, 1.82) is 0 Å². The lowest BCUT2D eigenvalue weighted by Crippen LogP contribution is -1.96. The van der Waals surface area contributed by atoms with Crippen molar-refractivity contribution in [3.05, 3.63) is 129 Å². The Morgan fingerprint density at radius 1 is 0.974 bits per heavy atom. The minimum atomic E-state index is -0.406. The van der Waals surface area contributed by atoms with Crippen molar-refractivity contribution in [3.63, 3.8) is 0 Å². The summed E-state index contributed by atoms with van der Waals surface area (Å²) in [7, 11) is 0. The fraction of sp³-hybridized carbons (Fsp3) is 0.0667. The topological polar surface area (TPSA) is 89.7 Å². The van der Waals surface area contributed by atoms with Crippen molar-refractivity contribution in [2.24, 2.45) is 5.10 Å². The van der Waals surface area contributed by atoms with Gasteiger partial charge < -0.3 is 4.74 Å². The molecule has 0 atom stereocenters. The van der Waals surface area contributed by atoms with E-state index in [2.05, 4.69) is 10.5 Å². The number of hydrogen-bond donors (Lipinski definition) is 1. The van der Waals surface area contributed by atoms with Gasteiger partial charge in [0.1, 0.15) is 12.4 Å². The molecule has 1 aromatic heterocycles. The monoisotopic (exact) mass is 554 g/mol. The highest BCUT2D eigenvalue weighted by molar-refractivity contribution is 7.19. The van der Waals surface area contributed by atoms with Crippen LogP contribution < -0.4 is 10.2 Å². The van der Waals surface area contributed by atoms with Crippen LogP contribution in [0.4, 0.5) is 10.8 Å². The molecule has 0 amide bonds. The van der Waals surface area contributed by atoms with Crippen molar-refractivity contribution < 1.29 is 9.66 Å². The first kappa shape index (κ1) is 26.1. The number of aryl methyl sites for hydroxylation is 1. The molecule has 0 bridgehead atoms. The highest BCUT2D eigenvalue weighted by Crippen LogP contribution is 2.39. The van der Waals surface area contributed by atoms with Gasteiger partial charge in [-0.15, -0.1) is 0 Å². The zero-order valence-corrected chi connectivity index (χ0v) is 22.4. The van der Waals surface area contributed by atoms with Gasteiger partial charge in [0.15, 0.2) is 0 Å². The molecule has 0 saturated heterocycles. The summed E-state index contributed by atoms with van der Waals surface area (Å²) < 4.78 is 5.84. The minimum Gasteiger partial charge on any atom is -0.489 e. The standard InChI is InChI=1S/C30H23ClN4O3S/c1-20-6-10-22(11-7-20)28-29(23-12-14-25(15-13-23)35(36)37)39-30(33-28)34-32-18-21-8-16-26(17-9-21)38-19-24-4-2-3-5-27(24)31/h2-18H,19H2,1H3,(H,33,34)/b32-18-. The van der Waals surface area contributed by atoms with E-state index in [0.717, 1.165) is 44.1 Å². The molecule has 0 aliphatic rings. The van der Waals surface area contributed by atoms with E-state index in [4.69, 9.17) is 21.3 Å². The van der Waals surface area contributed by atoms with E-state index in [1.807, 2.05) is 79.7 Å². The van der Waals surface area contributed by atoms with Gasteiger partial charge in [-0.1, -0.05) is 71.0 Å². The largest absolute Gasteiger partial charge is 0.489 e. The first-order valence-corrected chi connectivity index (χ1v) is 13.2. The fourth-order valence-corrected chi connectivity index (χ4v) is 4.93. The lowest BCUT2D eigenvalue weighted by Gasteiger charge is -2.07. The highest BCUT2D eigenvalue weighted by Gasteiger charge is 2.16. The number of nitrogens with zero attached hydrogens (tertiary/aromatic N) is 3. The van der Waals surface area contributed by atoms with Crippen molar-refractivity contribution in [3.8, 4) is 27.4 Å². The van der Waals surface area contributed by atoms with Crippen molar-refractivity contribution >= 4 is 40.0 Å². The van der Waals surface area contributed by atoms with E-state index in [9.17, 15) is 10.1 Å². The third kappa shape index (κ3) is 6.49. The van der Waals surface area contributed by atoms with Gasteiger partial charge in [-0.05, 0) is 60.5 Å². The summed E-state index contributed by atoms with van der Waals surface area (Å²) in [6.07, 6.45) is 1.70. The van der Waals surface area contributed by atoms with Gasteiger partial charge in [-0.25, -0.2) is 4.98 Å². The number of aromatic nitrogens is 1. The number of thiazole rings is 1. The maximum Gasteiger partial charge on any atom is 0.269 e. The second-order valence-electron chi connectivity index (χ2n) is 8.69. The predicted molar refractivity (Wildman–Crippen MR) is 158 cm³/mol. The fourth-order valence-electron chi connectivity index (χ4n) is 3.79. The van der Waals surface area contributed by atoms with Crippen LogP contribution in [0.5, 0.6) is 5.75 Å². The van der Waals surface area contributed by atoms with Crippen LogP contribution in [0.25, 0.3) is 21.7 Å². The van der Waals surface area contributed by atoms with Crippen LogP contribution in [-0.4, -0.2) is 16.1 Å². The van der Waals surface area contributed by atoms with Crippen molar-refractivity contribution in [2.45, 2.75) is 13.5 Å². The van der Waals surface area contributed by atoms with Gasteiger partial charge in [0, 0.05) is 28.3 Å². The summed E-state index contributed by atoms with van der Waals surface area (Å²) in [5, 5.41) is 16.7. The summed E-state index contributed by atoms with van der Waals surface area (Å²) >= 11 is 7.63. The SMILES string of the molecule is Cc1ccc(-c2nc(N/N=C\c3ccc(OCc4ccccc4Cl)cc3)sc2-c2ccc([N+](=O)[O-])cc2)cc1. The number of nitro benzene ring substituents is 1. The van der Waals surface area contributed by atoms with E-state index in [-0.39, 0.29) is 5.69 Å². The third-order valence-corrected chi connectivity index (χ3v) is 7.28. The maximum atomic E-state index is 11.1. The lowest BCUT2D eigenvalue weighted by atomic mass is 10.1. The van der Waals surface area contributed by atoms with Gasteiger partial charge in [0.05, 0.1) is 21.7 Å². The van der Waals surface area contributed by atoms with Crippen LogP contribution >= 0.6 is 22.9 Å².